The fraction of sp³-hybridized carbons (Fsp3) is 0.615. The predicted octanol–water partition coefficient (Wildman–Crippen LogP) is 1.99. The van der Waals surface area contributed by atoms with Crippen molar-refractivity contribution in [3.05, 3.63) is 23.9 Å². The molecule has 4 nitrogen and oxygen atoms in total. The third kappa shape index (κ3) is 3.41. The number of hydrogen-bond acceptors (Lipinski definition) is 4. The highest BCUT2D eigenvalue weighted by atomic mass is 16.5. The predicted molar refractivity (Wildman–Crippen MR) is 70.7 cm³/mol. The molecule has 0 saturated heterocycles. The van der Waals surface area contributed by atoms with Crippen molar-refractivity contribution in [1.82, 2.24) is 10.3 Å². The maximum atomic E-state index is 5.92. The molecule has 3 N–H and O–H groups in total. The molecule has 0 radical (unpaired) electrons. The van der Waals surface area contributed by atoms with Crippen LogP contribution in [0.4, 0.5) is 5.82 Å². The standard InChI is InChI=1S/C13H23N3O/c1-5-17-12(9(2)3)11(15-4)10-7-6-8-16-13(10)14/h6-9,11-12,15H,5H2,1-4H3,(H2,14,16). The third-order valence-electron chi connectivity index (χ3n) is 2.86. The first-order valence-corrected chi connectivity index (χ1v) is 6.11. The lowest BCUT2D eigenvalue weighted by atomic mass is 9.94. The molecule has 1 rings (SSSR count). The molecule has 0 fully saturated rings. The number of nitrogen functional groups attached to an aromatic ring is 1. The largest absolute Gasteiger partial charge is 0.383 e. The molecule has 2 atom stereocenters. The van der Waals surface area contributed by atoms with Crippen LogP contribution in [0.15, 0.2) is 18.3 Å². The molecule has 0 amide bonds. The summed E-state index contributed by atoms with van der Waals surface area (Å²) in [7, 11) is 1.92. The summed E-state index contributed by atoms with van der Waals surface area (Å²) in [6, 6.07) is 3.97. The number of anilines is 1. The number of hydrogen-bond donors (Lipinski definition) is 2. The molecular weight excluding hydrogens is 214 g/mol. The number of pyridine rings is 1. The van der Waals surface area contributed by atoms with Crippen LogP contribution in [0.2, 0.25) is 0 Å². The van der Waals surface area contributed by atoms with Crippen LogP contribution in [-0.2, 0) is 4.74 Å². The second-order valence-electron chi connectivity index (χ2n) is 4.41. The van der Waals surface area contributed by atoms with Crippen LogP contribution in [0.3, 0.4) is 0 Å². The summed E-state index contributed by atoms with van der Waals surface area (Å²) < 4.78 is 5.82. The first kappa shape index (κ1) is 13.9. The van der Waals surface area contributed by atoms with Gasteiger partial charge < -0.3 is 15.8 Å². The quantitative estimate of drug-likeness (QED) is 0.794. The first-order valence-electron chi connectivity index (χ1n) is 6.11. The zero-order valence-corrected chi connectivity index (χ0v) is 11.1. The third-order valence-corrected chi connectivity index (χ3v) is 2.86. The van der Waals surface area contributed by atoms with Crippen LogP contribution in [-0.4, -0.2) is 24.7 Å². The van der Waals surface area contributed by atoms with Gasteiger partial charge in [0, 0.05) is 18.4 Å². The minimum Gasteiger partial charge on any atom is -0.383 e. The second-order valence-corrected chi connectivity index (χ2v) is 4.41. The van der Waals surface area contributed by atoms with E-state index in [2.05, 4.69) is 24.1 Å². The number of ether oxygens (including phenoxy) is 1. The Kier molecular flexibility index (Phi) is 5.38. The second kappa shape index (κ2) is 6.57. The van der Waals surface area contributed by atoms with E-state index in [9.17, 15) is 0 Å². The number of aromatic nitrogens is 1. The Bertz CT molecular complexity index is 341. The summed E-state index contributed by atoms with van der Waals surface area (Å²) in [5.41, 5.74) is 6.93. The van der Waals surface area contributed by atoms with Crippen molar-refractivity contribution in [3.8, 4) is 0 Å². The Morgan fingerprint density at radius 3 is 2.65 bits per heavy atom. The van der Waals surface area contributed by atoms with Gasteiger partial charge in [0.25, 0.3) is 0 Å². The summed E-state index contributed by atoms with van der Waals surface area (Å²) >= 11 is 0. The molecule has 2 unspecified atom stereocenters. The van der Waals surface area contributed by atoms with Crippen molar-refractivity contribution in [2.75, 3.05) is 19.4 Å². The van der Waals surface area contributed by atoms with Crippen LogP contribution in [0, 0.1) is 5.92 Å². The molecule has 17 heavy (non-hydrogen) atoms. The average Bonchev–Trinajstić information content (AvgIpc) is 2.31. The summed E-state index contributed by atoms with van der Waals surface area (Å²) in [5.74, 6) is 0.976. The highest BCUT2D eigenvalue weighted by Gasteiger charge is 2.26. The molecule has 4 heteroatoms. The van der Waals surface area contributed by atoms with Gasteiger partial charge >= 0.3 is 0 Å². The van der Waals surface area contributed by atoms with Crippen LogP contribution in [0.5, 0.6) is 0 Å². The monoisotopic (exact) mass is 237 g/mol. The SMILES string of the molecule is CCOC(C(C)C)C(NC)c1cccnc1N. The van der Waals surface area contributed by atoms with Gasteiger partial charge in [0.2, 0.25) is 0 Å². The van der Waals surface area contributed by atoms with Crippen molar-refractivity contribution in [1.29, 1.82) is 0 Å². The molecule has 0 aliphatic carbocycles. The van der Waals surface area contributed by atoms with Crippen LogP contribution < -0.4 is 11.1 Å². The Morgan fingerprint density at radius 1 is 1.47 bits per heavy atom. The molecule has 0 aliphatic rings. The zero-order valence-electron chi connectivity index (χ0n) is 11.1. The molecule has 0 aliphatic heterocycles. The van der Waals surface area contributed by atoms with E-state index in [0.29, 0.717) is 18.3 Å². The Hall–Kier alpha value is -1.13. The van der Waals surface area contributed by atoms with Crippen LogP contribution in [0.1, 0.15) is 32.4 Å². The van der Waals surface area contributed by atoms with Crippen LogP contribution in [0.25, 0.3) is 0 Å². The van der Waals surface area contributed by atoms with Gasteiger partial charge in [-0.3, -0.25) is 0 Å². The summed E-state index contributed by atoms with van der Waals surface area (Å²) in [6.45, 7) is 7.00. The van der Waals surface area contributed by atoms with Gasteiger partial charge in [-0.1, -0.05) is 19.9 Å². The zero-order chi connectivity index (χ0) is 12.8. The summed E-state index contributed by atoms with van der Waals surface area (Å²) in [6.07, 6.45) is 1.80. The fourth-order valence-corrected chi connectivity index (χ4v) is 2.06. The highest BCUT2D eigenvalue weighted by Crippen LogP contribution is 2.27. The number of likely N-dealkylation sites (N-methyl/N-ethyl adjacent to an activating group) is 1. The van der Waals surface area contributed by atoms with Crippen LogP contribution >= 0.6 is 0 Å². The molecular formula is C13H23N3O. The van der Waals surface area contributed by atoms with Crippen molar-refractivity contribution in [2.45, 2.75) is 32.9 Å². The number of nitrogens with one attached hydrogen (secondary N) is 1. The molecule has 96 valence electrons. The van der Waals surface area contributed by atoms with Gasteiger partial charge in [0.15, 0.2) is 0 Å². The van der Waals surface area contributed by atoms with E-state index in [1.54, 1.807) is 6.20 Å². The molecule has 1 aromatic rings. The molecule has 1 aromatic heterocycles. The van der Waals surface area contributed by atoms with E-state index in [0.717, 1.165) is 5.56 Å². The normalized spacial score (nSPS) is 14.9. The average molecular weight is 237 g/mol. The molecule has 0 aromatic carbocycles. The Balaban J connectivity index is 3.00. The first-order chi connectivity index (χ1) is 8.11. The smallest absolute Gasteiger partial charge is 0.128 e. The maximum absolute atomic E-state index is 5.92. The van der Waals surface area contributed by atoms with E-state index >= 15 is 0 Å². The molecule has 0 bridgehead atoms. The van der Waals surface area contributed by atoms with Gasteiger partial charge in [-0.05, 0) is 26.0 Å². The van der Waals surface area contributed by atoms with Gasteiger partial charge in [-0.15, -0.1) is 0 Å². The van der Waals surface area contributed by atoms with Gasteiger partial charge in [0.05, 0.1) is 12.1 Å². The fourth-order valence-electron chi connectivity index (χ4n) is 2.06. The lowest BCUT2D eigenvalue weighted by Crippen LogP contribution is -2.36. The minimum absolute atomic E-state index is 0.0728. The molecule has 0 saturated carbocycles. The summed E-state index contributed by atoms with van der Waals surface area (Å²) in [4.78, 5) is 4.13. The topological polar surface area (TPSA) is 60.2 Å². The Labute approximate surface area is 104 Å². The highest BCUT2D eigenvalue weighted by molar-refractivity contribution is 5.41. The van der Waals surface area contributed by atoms with Crippen molar-refractivity contribution in [2.24, 2.45) is 5.92 Å². The lowest BCUT2D eigenvalue weighted by Gasteiger charge is -2.30. The van der Waals surface area contributed by atoms with Gasteiger partial charge in [0.1, 0.15) is 5.82 Å². The maximum Gasteiger partial charge on any atom is 0.128 e. The lowest BCUT2D eigenvalue weighted by molar-refractivity contribution is 0.00471. The van der Waals surface area contributed by atoms with E-state index in [1.807, 2.05) is 26.1 Å². The minimum atomic E-state index is 0.0728. The number of nitrogens with two attached hydrogens (primary N) is 1. The van der Waals surface area contributed by atoms with Gasteiger partial charge in [-0.2, -0.15) is 0 Å². The summed E-state index contributed by atoms with van der Waals surface area (Å²) in [5, 5.41) is 3.28. The van der Waals surface area contributed by atoms with Gasteiger partial charge in [-0.25, -0.2) is 4.98 Å². The van der Waals surface area contributed by atoms with E-state index in [4.69, 9.17) is 10.5 Å². The van der Waals surface area contributed by atoms with E-state index in [-0.39, 0.29) is 12.1 Å². The van der Waals surface area contributed by atoms with Crippen molar-refractivity contribution < 1.29 is 4.74 Å². The van der Waals surface area contributed by atoms with Crippen molar-refractivity contribution >= 4 is 5.82 Å². The van der Waals surface area contributed by atoms with E-state index in [1.165, 1.54) is 0 Å². The Morgan fingerprint density at radius 2 is 2.18 bits per heavy atom. The molecule has 1 heterocycles. The molecule has 0 spiro atoms. The van der Waals surface area contributed by atoms with Crippen molar-refractivity contribution in [3.63, 3.8) is 0 Å². The number of rotatable bonds is 6. The van der Waals surface area contributed by atoms with E-state index < -0.39 is 0 Å². The number of nitrogens with zero attached hydrogens (tertiary/aromatic N) is 1.